The van der Waals surface area contributed by atoms with E-state index in [1.807, 2.05) is 0 Å². The van der Waals surface area contributed by atoms with E-state index in [-0.39, 0.29) is 16.7 Å². The molecule has 0 spiro atoms. The number of rotatable bonds is 9. The van der Waals surface area contributed by atoms with Gasteiger partial charge in [0, 0.05) is 33.8 Å². The fourth-order valence-corrected chi connectivity index (χ4v) is 4.31. The summed E-state index contributed by atoms with van der Waals surface area (Å²) in [5.74, 6) is -5.71. The molecule has 0 aliphatic rings. The third-order valence-electron chi connectivity index (χ3n) is 6.70. The Morgan fingerprint density at radius 2 is 1.64 bits per heavy atom. The van der Waals surface area contributed by atoms with Crippen molar-refractivity contribution in [3.05, 3.63) is 88.5 Å². The van der Waals surface area contributed by atoms with Crippen LogP contribution < -0.4 is 10.1 Å². The van der Waals surface area contributed by atoms with Crippen molar-refractivity contribution in [2.45, 2.75) is 44.2 Å². The lowest BCUT2D eigenvalue weighted by molar-refractivity contribution is -0.154. The zero-order valence-corrected chi connectivity index (χ0v) is 23.0. The number of carbonyl (C=O) groups is 1. The molecule has 0 bridgehead atoms. The molecule has 2 unspecified atom stereocenters. The lowest BCUT2D eigenvalue weighted by Crippen LogP contribution is -2.53. The Balaban J connectivity index is 1.81. The van der Waals surface area contributed by atoms with Gasteiger partial charge in [0.25, 0.3) is 18.8 Å². The monoisotopic (exact) mass is 629 g/mol. The number of alkyl halides is 5. The van der Waals surface area contributed by atoms with Gasteiger partial charge >= 0.3 is 0 Å². The molecule has 15 heteroatoms. The van der Waals surface area contributed by atoms with Gasteiger partial charge in [-0.3, -0.25) is 9.78 Å². The maximum atomic E-state index is 15.7. The maximum Gasteiger partial charge on any atom is 0.277 e. The molecule has 4 rings (SSSR count). The minimum Gasteiger partial charge on any atom is -0.494 e. The van der Waals surface area contributed by atoms with Crippen LogP contribution in [0.2, 0.25) is 0 Å². The molecule has 0 aliphatic heterocycles. The van der Waals surface area contributed by atoms with Crippen molar-refractivity contribution >= 4 is 16.8 Å². The van der Waals surface area contributed by atoms with Crippen molar-refractivity contribution in [3.8, 4) is 17.0 Å². The molecule has 0 saturated heterocycles. The molecule has 1 amide bonds. The molecular weight excluding hydrogens is 606 g/mol. The fraction of sp³-hybridized carbons (Fsp3) is 0.276. The number of halogens is 8. The molecule has 44 heavy (non-hydrogen) atoms. The van der Waals surface area contributed by atoms with E-state index in [1.54, 1.807) is 5.32 Å². The number of pyridine rings is 2. The first-order valence-corrected chi connectivity index (χ1v) is 12.6. The van der Waals surface area contributed by atoms with Crippen LogP contribution >= 0.6 is 0 Å². The summed E-state index contributed by atoms with van der Waals surface area (Å²) in [6.45, 7) is 2.06. The van der Waals surface area contributed by atoms with E-state index in [0.717, 1.165) is 51.4 Å². The molecule has 3 N–H and O–H groups in total. The van der Waals surface area contributed by atoms with Gasteiger partial charge in [-0.1, -0.05) is 0 Å². The average Bonchev–Trinajstić information content (AvgIpc) is 2.96. The van der Waals surface area contributed by atoms with Crippen molar-refractivity contribution in [3.63, 3.8) is 0 Å². The quantitative estimate of drug-likeness (QED) is 0.154. The number of nitrogens with one attached hydrogen (secondary N) is 1. The Morgan fingerprint density at radius 1 is 0.955 bits per heavy atom. The Labute approximate surface area is 244 Å². The first-order valence-electron chi connectivity index (χ1n) is 12.6. The molecule has 0 aliphatic carbocycles. The molecule has 0 radical (unpaired) electrons. The third-order valence-corrected chi connectivity index (χ3v) is 6.70. The number of aromatic nitrogens is 2. The summed E-state index contributed by atoms with van der Waals surface area (Å²) in [5.41, 5.74) is -10.6. The first kappa shape index (κ1) is 32.5. The van der Waals surface area contributed by atoms with Gasteiger partial charge in [-0.2, -0.15) is 0 Å². The van der Waals surface area contributed by atoms with Crippen LogP contribution in [0.15, 0.2) is 48.7 Å². The Kier molecular flexibility index (Phi) is 8.85. The number of methoxy groups -OCH3 is 1. The van der Waals surface area contributed by atoms with Crippen molar-refractivity contribution in [1.82, 2.24) is 15.3 Å². The molecule has 2 heterocycles. The number of fused-ring (bicyclic) bond motifs is 1. The molecule has 7 nitrogen and oxygen atoms in total. The van der Waals surface area contributed by atoms with E-state index in [2.05, 4.69) is 9.97 Å². The van der Waals surface area contributed by atoms with Crippen LogP contribution in [0.5, 0.6) is 5.75 Å². The molecule has 4 aromatic rings. The van der Waals surface area contributed by atoms with Crippen LogP contribution in [-0.2, 0) is 11.2 Å². The summed E-state index contributed by atoms with van der Waals surface area (Å²) in [5, 5.41) is 23.0. The van der Waals surface area contributed by atoms with Gasteiger partial charge in [-0.15, -0.1) is 0 Å². The second-order valence-electron chi connectivity index (χ2n) is 10.2. The zero-order valence-electron chi connectivity index (χ0n) is 23.0. The van der Waals surface area contributed by atoms with Crippen molar-refractivity contribution < 1.29 is 54.9 Å². The van der Waals surface area contributed by atoms with E-state index in [1.165, 1.54) is 0 Å². The van der Waals surface area contributed by atoms with Crippen LogP contribution in [0.4, 0.5) is 35.1 Å². The first-order chi connectivity index (χ1) is 20.5. The van der Waals surface area contributed by atoms with Crippen LogP contribution in [0.1, 0.15) is 47.5 Å². The molecule has 0 fully saturated rings. The molecule has 2 aromatic heterocycles. The predicted octanol–water partition coefficient (Wildman–Crippen LogP) is 6.07. The van der Waals surface area contributed by atoms with Crippen molar-refractivity contribution in [1.29, 1.82) is 0 Å². The molecule has 0 saturated carbocycles. The number of ether oxygens (including phenoxy) is 1. The molecular formula is C29H23F8N3O4. The highest BCUT2D eigenvalue weighted by molar-refractivity contribution is 6.00. The molecule has 234 valence electrons. The number of nitrogens with zero attached hydrogens (tertiary/aromatic N) is 2. The fourth-order valence-electron chi connectivity index (χ4n) is 4.31. The second kappa shape index (κ2) is 12.0. The Morgan fingerprint density at radius 3 is 2.20 bits per heavy atom. The van der Waals surface area contributed by atoms with E-state index in [4.69, 9.17) is 4.74 Å². The SMILES string of the molecule is COc1cc(C(=O)NC(F)C(O)(c2cc(C(C)(C)O)c(F)c(-c3ccc(F)c(F)c3)n2)C(F)F)cc2cc(C(F)F)cnc12. The minimum absolute atomic E-state index is 0.0435. The maximum absolute atomic E-state index is 15.7. The summed E-state index contributed by atoms with van der Waals surface area (Å²) in [4.78, 5) is 20.4. The normalized spacial score (nSPS) is 14.2. The summed E-state index contributed by atoms with van der Waals surface area (Å²) in [7, 11) is 1.16. The van der Waals surface area contributed by atoms with Gasteiger partial charge in [0.05, 0.1) is 18.4 Å². The lowest BCUT2D eigenvalue weighted by atomic mass is 9.90. The number of hydrogen-bond donors (Lipinski definition) is 3. The highest BCUT2D eigenvalue weighted by Gasteiger charge is 2.51. The van der Waals surface area contributed by atoms with Gasteiger partial charge in [0.1, 0.15) is 17.0 Å². The lowest BCUT2D eigenvalue weighted by Gasteiger charge is -2.32. The van der Waals surface area contributed by atoms with E-state index in [9.17, 15) is 41.4 Å². The number of benzene rings is 2. The predicted molar refractivity (Wildman–Crippen MR) is 140 cm³/mol. The van der Waals surface area contributed by atoms with Gasteiger partial charge in [-0.25, -0.2) is 40.1 Å². The second-order valence-corrected chi connectivity index (χ2v) is 10.2. The molecule has 2 aromatic carbocycles. The van der Waals surface area contributed by atoms with Gasteiger partial charge in [-0.05, 0) is 56.3 Å². The largest absolute Gasteiger partial charge is 0.494 e. The van der Waals surface area contributed by atoms with E-state index in [0.29, 0.717) is 18.2 Å². The van der Waals surface area contributed by atoms with Crippen LogP contribution in [0.3, 0.4) is 0 Å². The summed E-state index contributed by atoms with van der Waals surface area (Å²) < 4.78 is 119. The smallest absolute Gasteiger partial charge is 0.277 e. The topological polar surface area (TPSA) is 105 Å². The summed E-state index contributed by atoms with van der Waals surface area (Å²) >= 11 is 0. The van der Waals surface area contributed by atoms with Crippen LogP contribution in [0, 0.1) is 17.5 Å². The number of aliphatic hydroxyl groups is 2. The van der Waals surface area contributed by atoms with Crippen molar-refractivity contribution in [2.75, 3.05) is 7.11 Å². The zero-order chi connectivity index (χ0) is 32.7. The van der Waals surface area contributed by atoms with Crippen LogP contribution in [0.25, 0.3) is 22.2 Å². The highest BCUT2D eigenvalue weighted by Crippen LogP contribution is 2.38. The standard InChI is InChI=1S/C29H23F8N3O4/c1-28(2,42)16-10-20(39-23(21(16)32)12-4-5-17(30)18(31)8-12)29(43,26(35)36)27(37)40-25(41)14-6-13-7-15(24(33)34)11-38-22(13)19(9-14)44-3/h4-11,24,26-27,42-43H,1-3H3,(H,40,41). The number of amides is 1. The Bertz CT molecular complexity index is 1730. The highest BCUT2D eigenvalue weighted by atomic mass is 19.3. The van der Waals surface area contributed by atoms with Crippen LogP contribution in [-0.4, -0.2) is 45.9 Å². The van der Waals surface area contributed by atoms with Gasteiger partial charge in [0.2, 0.25) is 11.9 Å². The van der Waals surface area contributed by atoms with E-state index < -0.39 is 87.3 Å². The van der Waals surface area contributed by atoms with Crippen molar-refractivity contribution in [2.24, 2.45) is 0 Å². The third kappa shape index (κ3) is 6.01. The number of hydrogen-bond acceptors (Lipinski definition) is 6. The Hall–Kier alpha value is -4.37. The number of carbonyl (C=O) groups excluding carboxylic acids is 1. The van der Waals surface area contributed by atoms with E-state index >= 15 is 8.78 Å². The average molecular weight is 630 g/mol. The summed E-state index contributed by atoms with van der Waals surface area (Å²) in [6.07, 6.45) is -9.47. The van der Waals surface area contributed by atoms with Gasteiger partial charge < -0.3 is 20.3 Å². The molecule has 2 atom stereocenters. The summed E-state index contributed by atoms with van der Waals surface area (Å²) in [6, 6.07) is 5.33. The minimum atomic E-state index is -4.05. The van der Waals surface area contributed by atoms with Gasteiger partial charge in [0.15, 0.2) is 17.5 Å².